The summed E-state index contributed by atoms with van der Waals surface area (Å²) in [4.78, 5) is 19.9. The van der Waals surface area contributed by atoms with Crippen molar-refractivity contribution in [1.82, 2.24) is 4.98 Å². The first-order valence-corrected chi connectivity index (χ1v) is 6.69. The fourth-order valence-corrected chi connectivity index (χ4v) is 2.19. The average Bonchev–Trinajstić information content (AvgIpc) is 2.52. The van der Waals surface area contributed by atoms with Crippen LogP contribution in [0.25, 0.3) is 17.0 Å². The molecule has 0 spiro atoms. The molecule has 104 valence electrons. The van der Waals surface area contributed by atoms with E-state index in [-0.39, 0.29) is 12.2 Å². The van der Waals surface area contributed by atoms with Crippen LogP contribution in [0.15, 0.2) is 59.7 Å². The molecule has 0 fully saturated rings. The molecule has 1 unspecified atom stereocenters. The number of para-hydroxylation sites is 1. The smallest absolute Gasteiger partial charge is 0.189 e. The number of rotatable bonds is 3. The number of allylic oxidation sites excluding steroid dienone is 2. The lowest BCUT2D eigenvalue weighted by Crippen LogP contribution is -2.14. The molecule has 0 N–H and O–H groups in total. The fourth-order valence-electron chi connectivity index (χ4n) is 2.19. The highest BCUT2D eigenvalue weighted by molar-refractivity contribution is 5.99. The number of pyridine rings is 1. The Morgan fingerprint density at radius 1 is 1.24 bits per heavy atom. The van der Waals surface area contributed by atoms with Gasteiger partial charge in [-0.1, -0.05) is 30.3 Å². The van der Waals surface area contributed by atoms with Gasteiger partial charge in [0.25, 0.3) is 0 Å². The lowest BCUT2D eigenvalue weighted by Gasteiger charge is -2.09. The first-order chi connectivity index (χ1) is 10.2. The number of carbonyl (C=O) groups excluding carboxylic acids is 1. The van der Waals surface area contributed by atoms with Crippen molar-refractivity contribution < 1.29 is 9.18 Å². The molecule has 3 rings (SSSR count). The largest absolute Gasteiger partial charge is 0.294 e. The molecule has 0 bridgehead atoms. The lowest BCUT2D eigenvalue weighted by atomic mass is 9.98. The zero-order chi connectivity index (χ0) is 14.7. The summed E-state index contributed by atoms with van der Waals surface area (Å²) in [5.74, 6) is -1.13. The number of hydrogen-bond donors (Lipinski definition) is 0. The molecular formula is C17H13FN2O. The zero-order valence-corrected chi connectivity index (χ0v) is 11.2. The van der Waals surface area contributed by atoms with E-state index in [0.717, 1.165) is 10.9 Å². The Balaban J connectivity index is 1.76. The minimum absolute atomic E-state index is 0.0326. The summed E-state index contributed by atoms with van der Waals surface area (Å²) in [7, 11) is 0. The van der Waals surface area contributed by atoms with Gasteiger partial charge in [-0.05, 0) is 24.3 Å². The van der Waals surface area contributed by atoms with Crippen LogP contribution in [0.4, 0.5) is 4.39 Å². The van der Waals surface area contributed by atoms with Crippen molar-refractivity contribution in [2.75, 3.05) is 0 Å². The maximum atomic E-state index is 13.0. The molecule has 0 saturated carbocycles. The Morgan fingerprint density at radius 2 is 2.10 bits per heavy atom. The summed E-state index contributed by atoms with van der Waals surface area (Å²) in [6, 6.07) is 11.6. The van der Waals surface area contributed by atoms with Crippen LogP contribution in [0.2, 0.25) is 0 Å². The molecule has 21 heavy (non-hydrogen) atoms. The molecule has 0 saturated heterocycles. The molecule has 0 aliphatic carbocycles. The second-order valence-electron chi connectivity index (χ2n) is 4.82. The second kappa shape index (κ2) is 5.79. The van der Waals surface area contributed by atoms with E-state index in [0.29, 0.717) is 5.69 Å². The van der Waals surface area contributed by atoms with E-state index in [1.807, 2.05) is 36.4 Å². The van der Waals surface area contributed by atoms with Gasteiger partial charge in [0.1, 0.15) is 0 Å². The summed E-state index contributed by atoms with van der Waals surface area (Å²) in [5.41, 5.74) is 1.58. The highest BCUT2D eigenvalue weighted by Gasteiger charge is 2.18. The van der Waals surface area contributed by atoms with Crippen LogP contribution in [0, 0.1) is 5.92 Å². The van der Waals surface area contributed by atoms with Crippen LogP contribution in [0.5, 0.6) is 0 Å². The first-order valence-electron chi connectivity index (χ1n) is 6.69. The van der Waals surface area contributed by atoms with Crippen LogP contribution in [0.1, 0.15) is 12.1 Å². The van der Waals surface area contributed by atoms with Gasteiger partial charge < -0.3 is 0 Å². The van der Waals surface area contributed by atoms with E-state index in [9.17, 15) is 9.18 Å². The van der Waals surface area contributed by atoms with Crippen LogP contribution in [0.3, 0.4) is 0 Å². The quantitative estimate of drug-likeness (QED) is 0.804. The summed E-state index contributed by atoms with van der Waals surface area (Å²) < 4.78 is 13.0. The maximum absolute atomic E-state index is 13.0. The molecule has 1 atom stereocenters. The summed E-state index contributed by atoms with van der Waals surface area (Å²) >= 11 is 0. The second-order valence-corrected chi connectivity index (χ2v) is 4.82. The van der Waals surface area contributed by atoms with Gasteiger partial charge in [-0.25, -0.2) is 9.98 Å². The van der Waals surface area contributed by atoms with Gasteiger partial charge in [0.15, 0.2) is 11.7 Å². The van der Waals surface area contributed by atoms with Crippen molar-refractivity contribution >= 4 is 28.7 Å². The van der Waals surface area contributed by atoms with Crippen molar-refractivity contribution in [3.63, 3.8) is 0 Å². The molecule has 2 aromatic rings. The molecule has 1 aliphatic rings. The van der Waals surface area contributed by atoms with Crippen LogP contribution in [-0.2, 0) is 4.79 Å². The number of fused-ring (bicyclic) bond motifs is 1. The van der Waals surface area contributed by atoms with Gasteiger partial charge in [-0.15, -0.1) is 0 Å². The summed E-state index contributed by atoms with van der Waals surface area (Å²) in [6.45, 7) is 0. The first kappa shape index (κ1) is 13.4. The molecule has 3 nitrogen and oxygen atoms in total. The van der Waals surface area contributed by atoms with Crippen molar-refractivity contribution in [3.05, 3.63) is 60.4 Å². The van der Waals surface area contributed by atoms with Crippen molar-refractivity contribution in [2.24, 2.45) is 10.9 Å². The van der Waals surface area contributed by atoms with Gasteiger partial charge >= 0.3 is 0 Å². The van der Waals surface area contributed by atoms with E-state index in [2.05, 4.69) is 9.98 Å². The zero-order valence-electron chi connectivity index (χ0n) is 11.2. The predicted octanol–water partition coefficient (Wildman–Crippen LogP) is 3.72. The number of aromatic nitrogens is 1. The van der Waals surface area contributed by atoms with E-state index in [1.165, 1.54) is 12.3 Å². The molecule has 1 aliphatic heterocycles. The Morgan fingerprint density at radius 3 is 2.95 bits per heavy atom. The predicted molar refractivity (Wildman–Crippen MR) is 81.6 cm³/mol. The number of nitrogens with zero attached hydrogens (tertiary/aromatic N) is 2. The minimum atomic E-state index is -0.506. The van der Waals surface area contributed by atoms with Crippen molar-refractivity contribution in [1.29, 1.82) is 0 Å². The number of ketones is 1. The fraction of sp³-hybridized carbons (Fsp3) is 0.118. The monoisotopic (exact) mass is 280 g/mol. The number of carbonyl (C=O) groups is 1. The molecule has 4 heteroatoms. The van der Waals surface area contributed by atoms with Crippen molar-refractivity contribution in [2.45, 2.75) is 6.42 Å². The standard InChI is InChI=1S/C17H13FN2O/c18-17-11-13(9-10-19-17)16(21)8-7-14-6-5-12-3-1-2-4-15(12)20-14/h1-10,13H,11H2/b8-7+. The minimum Gasteiger partial charge on any atom is -0.294 e. The number of halogens is 1. The summed E-state index contributed by atoms with van der Waals surface area (Å²) in [6.07, 6.45) is 6.09. The van der Waals surface area contributed by atoms with Crippen LogP contribution in [-0.4, -0.2) is 16.7 Å². The van der Waals surface area contributed by atoms with Gasteiger partial charge in [0.05, 0.1) is 11.2 Å². The Labute approximate surface area is 121 Å². The van der Waals surface area contributed by atoms with Crippen LogP contribution >= 0.6 is 0 Å². The third kappa shape index (κ3) is 3.11. The molecule has 2 heterocycles. The number of benzene rings is 1. The lowest BCUT2D eigenvalue weighted by molar-refractivity contribution is -0.116. The van der Waals surface area contributed by atoms with Crippen LogP contribution < -0.4 is 0 Å². The van der Waals surface area contributed by atoms with Gasteiger partial charge in [-0.3, -0.25) is 4.79 Å². The topological polar surface area (TPSA) is 42.3 Å². The molecule has 1 aromatic carbocycles. The Kier molecular flexibility index (Phi) is 3.69. The van der Waals surface area contributed by atoms with Crippen molar-refractivity contribution in [3.8, 4) is 0 Å². The Hall–Kier alpha value is -2.62. The van der Waals surface area contributed by atoms with E-state index >= 15 is 0 Å². The summed E-state index contributed by atoms with van der Waals surface area (Å²) in [5, 5.41) is 1.05. The van der Waals surface area contributed by atoms with Gasteiger partial charge in [0.2, 0.25) is 0 Å². The van der Waals surface area contributed by atoms with E-state index in [1.54, 1.807) is 12.2 Å². The van der Waals surface area contributed by atoms with E-state index < -0.39 is 11.9 Å². The maximum Gasteiger partial charge on any atom is 0.189 e. The SMILES string of the molecule is O=C(/C=C/c1ccc2ccccc2n1)C1C=CN=C(F)C1. The van der Waals surface area contributed by atoms with Gasteiger partial charge in [0, 0.05) is 23.9 Å². The van der Waals surface area contributed by atoms with Gasteiger partial charge in [-0.2, -0.15) is 4.39 Å². The molecular weight excluding hydrogens is 267 g/mol. The highest BCUT2D eigenvalue weighted by atomic mass is 19.1. The third-order valence-corrected chi connectivity index (χ3v) is 3.33. The number of hydrogen-bond acceptors (Lipinski definition) is 3. The highest BCUT2D eigenvalue weighted by Crippen LogP contribution is 2.16. The molecule has 0 radical (unpaired) electrons. The van der Waals surface area contributed by atoms with E-state index in [4.69, 9.17) is 0 Å². The molecule has 1 aromatic heterocycles. The average molecular weight is 280 g/mol. The normalized spacial score (nSPS) is 18.1. The third-order valence-electron chi connectivity index (χ3n) is 3.33. The number of aliphatic imine (C=N–C) groups is 1. The molecule has 0 amide bonds. The Bertz CT molecular complexity index is 777.